The van der Waals surface area contributed by atoms with Crippen molar-refractivity contribution < 1.29 is 0 Å². The Labute approximate surface area is 75.5 Å². The second-order valence-electron chi connectivity index (χ2n) is 4.07. The van der Waals surface area contributed by atoms with E-state index in [-0.39, 0.29) is 0 Å². The van der Waals surface area contributed by atoms with Crippen LogP contribution >= 0.6 is 0 Å². The molecule has 2 fully saturated rings. The van der Waals surface area contributed by atoms with Gasteiger partial charge in [0.25, 0.3) is 0 Å². The third-order valence-corrected chi connectivity index (χ3v) is 3.15. The third kappa shape index (κ3) is 1.80. The van der Waals surface area contributed by atoms with E-state index in [1.165, 1.54) is 45.4 Å². The molecule has 2 aliphatic rings. The molecule has 0 aromatic carbocycles. The van der Waals surface area contributed by atoms with E-state index >= 15 is 0 Å². The van der Waals surface area contributed by atoms with Gasteiger partial charge in [-0.15, -0.1) is 0 Å². The van der Waals surface area contributed by atoms with Gasteiger partial charge in [0.1, 0.15) is 0 Å². The van der Waals surface area contributed by atoms with Crippen LogP contribution in [0.5, 0.6) is 0 Å². The van der Waals surface area contributed by atoms with E-state index in [9.17, 15) is 0 Å². The molecule has 0 aromatic rings. The van der Waals surface area contributed by atoms with Crippen LogP contribution in [-0.4, -0.2) is 49.1 Å². The molecular formula is C10H19N2. The summed E-state index contributed by atoms with van der Waals surface area (Å²) in [6, 6.07) is 0.818. The first-order valence-electron chi connectivity index (χ1n) is 5.12. The number of nitrogens with zero attached hydrogens (tertiary/aromatic N) is 2. The van der Waals surface area contributed by atoms with E-state index in [1.54, 1.807) is 0 Å². The monoisotopic (exact) mass is 167 g/mol. The minimum absolute atomic E-state index is 0.818. The molecule has 1 atom stereocenters. The van der Waals surface area contributed by atoms with Gasteiger partial charge in [0.2, 0.25) is 0 Å². The quantitative estimate of drug-likeness (QED) is 0.574. The molecule has 0 spiro atoms. The van der Waals surface area contributed by atoms with Crippen LogP contribution in [-0.2, 0) is 0 Å². The lowest BCUT2D eigenvalue weighted by Gasteiger charge is -2.36. The molecule has 0 amide bonds. The zero-order chi connectivity index (χ0) is 8.39. The van der Waals surface area contributed by atoms with Gasteiger partial charge in [-0.2, -0.15) is 0 Å². The SMILES string of the molecule is CN1CCN(C2[CH]CCC2)CC1. The average Bonchev–Trinajstić information content (AvgIpc) is 2.58. The normalized spacial score (nSPS) is 29.8. The van der Waals surface area contributed by atoms with Gasteiger partial charge in [-0.05, 0) is 26.3 Å². The summed E-state index contributed by atoms with van der Waals surface area (Å²) in [6.45, 7) is 5.06. The van der Waals surface area contributed by atoms with E-state index in [0.717, 1.165) is 6.04 Å². The Bertz CT molecular complexity index is 133. The maximum absolute atomic E-state index is 2.65. The number of hydrogen-bond acceptors (Lipinski definition) is 2. The van der Waals surface area contributed by atoms with Crippen LogP contribution in [0.4, 0.5) is 0 Å². The summed E-state index contributed by atoms with van der Waals surface area (Å²) in [5, 5.41) is 0. The fourth-order valence-corrected chi connectivity index (χ4v) is 2.24. The number of likely N-dealkylation sites (N-methyl/N-ethyl adjacent to an activating group) is 1. The van der Waals surface area contributed by atoms with Gasteiger partial charge in [0, 0.05) is 32.2 Å². The van der Waals surface area contributed by atoms with Crippen LogP contribution in [0.15, 0.2) is 0 Å². The van der Waals surface area contributed by atoms with Crippen molar-refractivity contribution in [1.29, 1.82) is 0 Å². The molecule has 1 radical (unpaired) electrons. The summed E-state index contributed by atoms with van der Waals surface area (Å²) in [7, 11) is 2.22. The van der Waals surface area contributed by atoms with E-state index in [4.69, 9.17) is 0 Å². The lowest BCUT2D eigenvalue weighted by atomic mass is 10.2. The van der Waals surface area contributed by atoms with Gasteiger partial charge in [-0.1, -0.05) is 6.42 Å². The van der Waals surface area contributed by atoms with Crippen molar-refractivity contribution in [3.63, 3.8) is 0 Å². The fraction of sp³-hybridized carbons (Fsp3) is 0.900. The largest absolute Gasteiger partial charge is 0.304 e. The smallest absolute Gasteiger partial charge is 0.0128 e. The van der Waals surface area contributed by atoms with Gasteiger partial charge in [0.15, 0.2) is 0 Å². The molecular weight excluding hydrogens is 148 g/mol. The van der Waals surface area contributed by atoms with Crippen LogP contribution in [0, 0.1) is 6.42 Å². The Morgan fingerprint density at radius 1 is 1.17 bits per heavy atom. The van der Waals surface area contributed by atoms with Crippen molar-refractivity contribution in [2.24, 2.45) is 0 Å². The first-order chi connectivity index (χ1) is 5.86. The topological polar surface area (TPSA) is 6.48 Å². The molecule has 69 valence electrons. The van der Waals surface area contributed by atoms with E-state index in [0.29, 0.717) is 0 Å². The predicted octanol–water partition coefficient (Wildman–Crippen LogP) is 0.991. The second-order valence-corrected chi connectivity index (χ2v) is 4.07. The molecule has 1 aliphatic carbocycles. The van der Waals surface area contributed by atoms with Gasteiger partial charge in [0.05, 0.1) is 0 Å². The molecule has 0 N–H and O–H groups in total. The minimum Gasteiger partial charge on any atom is -0.304 e. The Hall–Kier alpha value is -0.0800. The second kappa shape index (κ2) is 3.75. The van der Waals surface area contributed by atoms with Crippen LogP contribution < -0.4 is 0 Å². The predicted molar refractivity (Wildman–Crippen MR) is 51.0 cm³/mol. The van der Waals surface area contributed by atoms with Crippen molar-refractivity contribution in [3.05, 3.63) is 6.42 Å². The first-order valence-corrected chi connectivity index (χ1v) is 5.12. The van der Waals surface area contributed by atoms with Crippen LogP contribution in [0.1, 0.15) is 19.3 Å². The maximum Gasteiger partial charge on any atom is 0.0128 e. The highest BCUT2D eigenvalue weighted by molar-refractivity contribution is 4.92. The molecule has 12 heavy (non-hydrogen) atoms. The van der Waals surface area contributed by atoms with Gasteiger partial charge < -0.3 is 4.90 Å². The summed E-state index contributed by atoms with van der Waals surface area (Å²) < 4.78 is 0. The molecule has 1 heterocycles. The fourth-order valence-electron chi connectivity index (χ4n) is 2.24. The van der Waals surface area contributed by atoms with Crippen LogP contribution in [0.2, 0.25) is 0 Å². The van der Waals surface area contributed by atoms with Crippen molar-refractivity contribution >= 4 is 0 Å². The average molecular weight is 167 g/mol. The molecule has 0 bridgehead atoms. The third-order valence-electron chi connectivity index (χ3n) is 3.15. The standard InChI is InChI=1S/C10H19N2/c1-11-6-8-12(9-7-11)10-4-2-3-5-10/h4,10H,2-3,5-9H2,1H3. The van der Waals surface area contributed by atoms with E-state index < -0.39 is 0 Å². The lowest BCUT2D eigenvalue weighted by molar-refractivity contribution is 0.126. The Kier molecular flexibility index (Phi) is 2.66. The molecule has 2 rings (SSSR count). The molecule has 2 heteroatoms. The summed E-state index contributed by atoms with van der Waals surface area (Å²) in [6.07, 6.45) is 6.67. The minimum atomic E-state index is 0.818. The summed E-state index contributed by atoms with van der Waals surface area (Å²) in [4.78, 5) is 5.07. The van der Waals surface area contributed by atoms with Crippen molar-refractivity contribution in [2.45, 2.75) is 25.3 Å². The van der Waals surface area contributed by atoms with Gasteiger partial charge >= 0.3 is 0 Å². The highest BCUT2D eigenvalue weighted by atomic mass is 15.3. The Morgan fingerprint density at radius 2 is 1.92 bits per heavy atom. The highest BCUT2D eigenvalue weighted by Gasteiger charge is 2.24. The Balaban J connectivity index is 1.80. The van der Waals surface area contributed by atoms with Crippen molar-refractivity contribution in [3.8, 4) is 0 Å². The zero-order valence-corrected chi connectivity index (χ0v) is 8.00. The maximum atomic E-state index is 2.65. The summed E-state index contributed by atoms with van der Waals surface area (Å²) in [5.74, 6) is 0. The number of rotatable bonds is 1. The van der Waals surface area contributed by atoms with Gasteiger partial charge in [-0.25, -0.2) is 0 Å². The molecule has 2 nitrogen and oxygen atoms in total. The lowest BCUT2D eigenvalue weighted by Crippen LogP contribution is -2.48. The zero-order valence-electron chi connectivity index (χ0n) is 8.00. The Morgan fingerprint density at radius 3 is 2.50 bits per heavy atom. The van der Waals surface area contributed by atoms with Crippen molar-refractivity contribution in [1.82, 2.24) is 9.80 Å². The van der Waals surface area contributed by atoms with Crippen molar-refractivity contribution in [2.75, 3.05) is 33.2 Å². The molecule has 1 aliphatic heterocycles. The number of hydrogen-bond donors (Lipinski definition) is 0. The van der Waals surface area contributed by atoms with Crippen LogP contribution in [0.3, 0.4) is 0 Å². The van der Waals surface area contributed by atoms with Crippen LogP contribution in [0.25, 0.3) is 0 Å². The summed E-state index contributed by atoms with van der Waals surface area (Å²) in [5.41, 5.74) is 0. The summed E-state index contributed by atoms with van der Waals surface area (Å²) >= 11 is 0. The first kappa shape index (κ1) is 8.52. The van der Waals surface area contributed by atoms with Gasteiger partial charge in [-0.3, -0.25) is 4.90 Å². The highest BCUT2D eigenvalue weighted by Crippen LogP contribution is 2.22. The number of piperazine rings is 1. The molecule has 1 saturated carbocycles. The molecule has 0 aromatic heterocycles. The molecule has 1 unspecified atom stereocenters. The molecule has 1 saturated heterocycles. The van der Waals surface area contributed by atoms with E-state index in [1.807, 2.05) is 0 Å². The van der Waals surface area contributed by atoms with E-state index in [2.05, 4.69) is 23.3 Å².